The molecule has 0 spiro atoms. The summed E-state index contributed by atoms with van der Waals surface area (Å²) in [7, 11) is -0.416. The van der Waals surface area contributed by atoms with Gasteiger partial charge in [-0.05, 0) is 26.0 Å². The Morgan fingerprint density at radius 2 is 1.55 bits per heavy atom. The van der Waals surface area contributed by atoms with Gasteiger partial charge in [0, 0.05) is 0 Å². The lowest BCUT2D eigenvalue weighted by molar-refractivity contribution is 0.230. The van der Waals surface area contributed by atoms with E-state index in [-0.39, 0.29) is 18.5 Å². The van der Waals surface area contributed by atoms with Crippen LogP contribution in [0.2, 0.25) is 0 Å². The molecule has 5 nitrogen and oxygen atoms in total. The molecule has 0 saturated heterocycles. The third-order valence-corrected chi connectivity index (χ3v) is 4.73. The summed E-state index contributed by atoms with van der Waals surface area (Å²) in [6, 6.07) is 5.26. The lowest BCUT2D eigenvalue weighted by Crippen LogP contribution is -2.01. The van der Waals surface area contributed by atoms with Crippen LogP contribution >= 0.6 is 7.60 Å². The lowest BCUT2D eigenvalue weighted by atomic mass is 10.1. The van der Waals surface area contributed by atoms with Gasteiger partial charge < -0.3 is 18.5 Å². The maximum Gasteiger partial charge on any atom is 0.361 e. The van der Waals surface area contributed by atoms with E-state index in [9.17, 15) is 4.57 Å². The smallest absolute Gasteiger partial charge is 0.361 e. The summed E-state index contributed by atoms with van der Waals surface area (Å²) >= 11 is 0. The van der Waals surface area contributed by atoms with Crippen LogP contribution in [0.3, 0.4) is 0 Å². The predicted octanol–water partition coefficient (Wildman–Crippen LogP) is 3.94. The fraction of sp³-hybridized carbons (Fsp3) is 0.429. The van der Waals surface area contributed by atoms with E-state index in [1.807, 2.05) is 0 Å². The molecule has 0 bridgehead atoms. The maximum atomic E-state index is 12.8. The zero-order valence-electron chi connectivity index (χ0n) is 12.3. The molecule has 0 atom stereocenters. The first-order valence-corrected chi connectivity index (χ1v) is 7.88. The molecule has 0 N–H and O–H groups in total. The third-order valence-electron chi connectivity index (χ3n) is 2.65. The van der Waals surface area contributed by atoms with Gasteiger partial charge in [0.05, 0.1) is 38.3 Å². The normalized spacial score (nSPS) is 11.2. The van der Waals surface area contributed by atoms with E-state index in [1.165, 1.54) is 14.2 Å². The number of benzene rings is 1. The van der Waals surface area contributed by atoms with Crippen LogP contribution in [-0.4, -0.2) is 27.4 Å². The molecule has 112 valence electrons. The minimum atomic E-state index is -3.47. The number of hydrogen-bond acceptors (Lipinski definition) is 5. The lowest BCUT2D eigenvalue weighted by Gasteiger charge is -2.22. The first-order valence-electron chi connectivity index (χ1n) is 6.34. The number of rotatable bonds is 8. The van der Waals surface area contributed by atoms with Gasteiger partial charge in [-0.3, -0.25) is 4.57 Å². The molecule has 0 saturated carbocycles. The molecule has 0 fully saturated rings. The average molecular weight is 300 g/mol. The second-order valence-corrected chi connectivity index (χ2v) is 5.87. The van der Waals surface area contributed by atoms with Crippen molar-refractivity contribution in [1.82, 2.24) is 0 Å². The summed E-state index contributed by atoms with van der Waals surface area (Å²) in [6.45, 7) is 7.89. The van der Waals surface area contributed by atoms with Gasteiger partial charge >= 0.3 is 7.60 Å². The van der Waals surface area contributed by atoms with Gasteiger partial charge in [0.25, 0.3) is 0 Å². The van der Waals surface area contributed by atoms with Crippen LogP contribution in [0.1, 0.15) is 19.4 Å². The Bertz CT molecular complexity index is 480. The standard InChI is InChI=1S/C14H21O5P/c1-6-18-20(15,19-7-2)11(3)14-12(16-4)9-8-10-13(14)17-5/h8-10H,3,6-7H2,1-2,4-5H3. The molecular weight excluding hydrogens is 279 g/mol. The number of methoxy groups -OCH3 is 2. The Morgan fingerprint density at radius 1 is 1.10 bits per heavy atom. The van der Waals surface area contributed by atoms with Crippen molar-refractivity contribution in [3.8, 4) is 11.5 Å². The van der Waals surface area contributed by atoms with E-state index in [0.29, 0.717) is 17.1 Å². The molecule has 0 aromatic heterocycles. The van der Waals surface area contributed by atoms with Gasteiger partial charge in [-0.25, -0.2) is 0 Å². The Balaban J connectivity index is 3.34. The van der Waals surface area contributed by atoms with Crippen LogP contribution in [0.4, 0.5) is 0 Å². The first-order chi connectivity index (χ1) is 9.53. The molecule has 1 aromatic rings. The van der Waals surface area contributed by atoms with Crippen LogP contribution in [0, 0.1) is 0 Å². The molecular formula is C14H21O5P. The van der Waals surface area contributed by atoms with Crippen LogP contribution in [0.25, 0.3) is 5.31 Å². The van der Waals surface area contributed by atoms with Crippen LogP contribution in [0.5, 0.6) is 11.5 Å². The minimum absolute atomic E-state index is 0.232. The summed E-state index contributed by atoms with van der Waals surface area (Å²) in [5, 5.41) is 0.232. The highest BCUT2D eigenvalue weighted by atomic mass is 31.2. The van der Waals surface area contributed by atoms with Crippen LogP contribution < -0.4 is 9.47 Å². The number of hydrogen-bond donors (Lipinski definition) is 0. The van der Waals surface area contributed by atoms with Gasteiger partial charge in [0.1, 0.15) is 11.5 Å². The highest BCUT2D eigenvalue weighted by Gasteiger charge is 2.32. The van der Waals surface area contributed by atoms with Crippen molar-refractivity contribution in [2.75, 3.05) is 27.4 Å². The van der Waals surface area contributed by atoms with Crippen molar-refractivity contribution < 1.29 is 23.1 Å². The second kappa shape index (κ2) is 7.48. The Kier molecular flexibility index (Phi) is 6.27. The molecule has 1 aromatic carbocycles. The monoisotopic (exact) mass is 300 g/mol. The van der Waals surface area contributed by atoms with Crippen molar-refractivity contribution in [3.63, 3.8) is 0 Å². The fourth-order valence-corrected chi connectivity index (χ4v) is 3.37. The Hall–Kier alpha value is -1.29. The van der Waals surface area contributed by atoms with Gasteiger partial charge in [0.2, 0.25) is 0 Å². The minimum Gasteiger partial charge on any atom is -0.496 e. The van der Waals surface area contributed by atoms with Crippen molar-refractivity contribution in [2.45, 2.75) is 13.8 Å². The quantitative estimate of drug-likeness (QED) is 0.681. The van der Waals surface area contributed by atoms with E-state index in [0.717, 1.165) is 0 Å². The highest BCUT2D eigenvalue weighted by Crippen LogP contribution is 2.62. The van der Waals surface area contributed by atoms with Crippen LogP contribution in [-0.2, 0) is 13.6 Å². The van der Waals surface area contributed by atoms with E-state index >= 15 is 0 Å². The average Bonchev–Trinajstić information content (AvgIpc) is 2.46. The first kappa shape index (κ1) is 16.8. The van der Waals surface area contributed by atoms with Crippen molar-refractivity contribution >= 4 is 12.9 Å². The largest absolute Gasteiger partial charge is 0.496 e. The van der Waals surface area contributed by atoms with E-state index in [2.05, 4.69) is 6.58 Å². The van der Waals surface area contributed by atoms with Crippen molar-refractivity contribution in [3.05, 3.63) is 30.3 Å². The van der Waals surface area contributed by atoms with Crippen molar-refractivity contribution in [1.29, 1.82) is 0 Å². The SMILES string of the molecule is C=C(c1c(OC)cccc1OC)P(=O)(OCC)OCC. The summed E-state index contributed by atoms with van der Waals surface area (Å²) in [5.74, 6) is 1.02. The number of ether oxygens (including phenoxy) is 2. The Labute approximate surface area is 120 Å². The summed E-state index contributed by atoms with van der Waals surface area (Å²) < 4.78 is 34.0. The molecule has 0 aliphatic heterocycles. The molecule has 0 heterocycles. The van der Waals surface area contributed by atoms with Crippen molar-refractivity contribution in [2.24, 2.45) is 0 Å². The Morgan fingerprint density at radius 3 is 1.90 bits per heavy atom. The maximum absolute atomic E-state index is 12.8. The molecule has 0 amide bonds. The molecule has 6 heteroatoms. The molecule has 1 rings (SSSR count). The summed E-state index contributed by atoms with van der Waals surface area (Å²) in [5.41, 5.74) is 0.503. The van der Waals surface area contributed by atoms with E-state index in [1.54, 1.807) is 32.0 Å². The van der Waals surface area contributed by atoms with E-state index in [4.69, 9.17) is 18.5 Å². The second-order valence-electron chi connectivity index (χ2n) is 3.82. The molecule has 0 radical (unpaired) electrons. The summed E-state index contributed by atoms with van der Waals surface area (Å²) in [4.78, 5) is 0. The third kappa shape index (κ3) is 3.42. The topological polar surface area (TPSA) is 54.0 Å². The molecule has 0 aliphatic carbocycles. The van der Waals surface area contributed by atoms with Gasteiger partial charge in [-0.2, -0.15) is 0 Å². The fourth-order valence-electron chi connectivity index (χ4n) is 1.81. The predicted molar refractivity (Wildman–Crippen MR) is 79.4 cm³/mol. The summed E-state index contributed by atoms with van der Waals surface area (Å²) in [6.07, 6.45) is 0. The van der Waals surface area contributed by atoms with E-state index < -0.39 is 7.60 Å². The van der Waals surface area contributed by atoms with Gasteiger partial charge in [-0.1, -0.05) is 12.6 Å². The zero-order chi connectivity index (χ0) is 15.2. The molecule has 20 heavy (non-hydrogen) atoms. The van der Waals surface area contributed by atoms with Gasteiger partial charge in [-0.15, -0.1) is 0 Å². The van der Waals surface area contributed by atoms with Gasteiger partial charge in [0.15, 0.2) is 0 Å². The van der Waals surface area contributed by atoms with Crippen LogP contribution in [0.15, 0.2) is 24.8 Å². The molecule has 0 unspecified atom stereocenters. The molecule has 0 aliphatic rings. The zero-order valence-corrected chi connectivity index (χ0v) is 13.2. The highest BCUT2D eigenvalue weighted by molar-refractivity contribution is 7.65.